The lowest BCUT2D eigenvalue weighted by atomic mass is 9.85. The van der Waals surface area contributed by atoms with Crippen LogP contribution < -0.4 is 0 Å². The summed E-state index contributed by atoms with van der Waals surface area (Å²) < 4.78 is 36.0. The second kappa shape index (κ2) is 56.8. The molecule has 0 aliphatic carbocycles. The quantitative estimate of drug-likeness (QED) is 0.0346. The van der Waals surface area contributed by atoms with Crippen LogP contribution in [0.4, 0.5) is 0 Å². The molecule has 0 saturated carbocycles. The molecule has 0 aliphatic rings. The monoisotopic (exact) mass is 1180 g/mol. The normalized spacial score (nSPS) is 11.2. The lowest BCUT2D eigenvalue weighted by Crippen LogP contribution is -2.32. The first kappa shape index (κ1) is 78.1. The Morgan fingerprint density at radius 3 is 0.369 bits per heavy atom. The Balaban J connectivity index is 4.22. The minimum atomic E-state index is -1.12. The van der Waals surface area contributed by atoms with Gasteiger partial charge in [-0.3, -0.25) is 0 Å². The zero-order valence-corrected chi connectivity index (χ0v) is 55.1. The van der Waals surface area contributed by atoms with Crippen LogP contribution in [0.3, 0.4) is 0 Å². The molecule has 1 rings (SSSR count). The number of hydrogen-bond donors (Lipinski definition) is 0. The third-order valence-electron chi connectivity index (χ3n) is 16.1. The van der Waals surface area contributed by atoms with E-state index in [2.05, 4.69) is 41.5 Å². The zero-order chi connectivity index (χ0) is 61.4. The van der Waals surface area contributed by atoms with Crippen LogP contribution in [0.25, 0.3) is 0 Å². The fourth-order valence-electron chi connectivity index (χ4n) is 10.8. The first-order valence-corrected chi connectivity index (χ1v) is 35.4. The molecule has 84 heavy (non-hydrogen) atoms. The van der Waals surface area contributed by atoms with E-state index in [9.17, 15) is 0 Å². The van der Waals surface area contributed by atoms with Gasteiger partial charge in [-0.15, -0.1) is 0 Å². The maximum absolute atomic E-state index is 15.1. The number of carbonyl (C=O) groups is 6. The first-order chi connectivity index (χ1) is 41.2. The first-order valence-electron chi connectivity index (χ1n) is 35.4. The molecule has 12 heteroatoms. The summed E-state index contributed by atoms with van der Waals surface area (Å²) >= 11 is 0. The van der Waals surface area contributed by atoms with Gasteiger partial charge in [0.2, 0.25) is 0 Å². The van der Waals surface area contributed by atoms with Crippen molar-refractivity contribution >= 4 is 35.8 Å². The highest BCUT2D eigenvalue weighted by Gasteiger charge is 2.43. The van der Waals surface area contributed by atoms with E-state index in [1.807, 2.05) is 0 Å². The predicted molar refractivity (Wildman–Crippen MR) is 344 cm³/mol. The van der Waals surface area contributed by atoms with E-state index in [4.69, 9.17) is 28.4 Å². The van der Waals surface area contributed by atoms with Gasteiger partial charge in [0.25, 0.3) is 0 Å². The molecule has 0 saturated heterocycles. The average molecular weight is 1180 g/mol. The van der Waals surface area contributed by atoms with Crippen LogP contribution in [-0.2, 0) is 28.4 Å². The number of rotatable bonds is 60. The summed E-state index contributed by atoms with van der Waals surface area (Å²) in [6.07, 6.45) is 47.3. The van der Waals surface area contributed by atoms with Crippen molar-refractivity contribution in [3.05, 3.63) is 33.4 Å². The van der Waals surface area contributed by atoms with Crippen LogP contribution in [-0.4, -0.2) is 75.5 Å². The van der Waals surface area contributed by atoms with Gasteiger partial charge in [0.05, 0.1) is 73.0 Å². The van der Waals surface area contributed by atoms with E-state index in [1.165, 1.54) is 38.5 Å². The van der Waals surface area contributed by atoms with Crippen molar-refractivity contribution in [2.45, 2.75) is 350 Å². The van der Waals surface area contributed by atoms with Crippen molar-refractivity contribution in [2.24, 2.45) is 0 Å². The molecule has 1 aromatic carbocycles. The molecule has 0 heterocycles. The third kappa shape index (κ3) is 38.3. The molecule has 0 fully saturated rings. The number of unbranched alkanes of at least 4 members (excludes halogenated alkanes) is 42. The molecule has 0 aliphatic heterocycles. The van der Waals surface area contributed by atoms with Gasteiger partial charge in [-0.25, -0.2) is 28.8 Å². The van der Waals surface area contributed by atoms with Crippen LogP contribution in [0.15, 0.2) is 0 Å². The Morgan fingerprint density at radius 1 is 0.167 bits per heavy atom. The van der Waals surface area contributed by atoms with Crippen molar-refractivity contribution in [3.8, 4) is 0 Å². The summed E-state index contributed by atoms with van der Waals surface area (Å²) in [5.41, 5.74) is -4.03. The van der Waals surface area contributed by atoms with Gasteiger partial charge >= 0.3 is 35.8 Å². The van der Waals surface area contributed by atoms with Gasteiger partial charge < -0.3 is 28.4 Å². The van der Waals surface area contributed by atoms with Crippen molar-refractivity contribution in [1.29, 1.82) is 0 Å². The van der Waals surface area contributed by atoms with E-state index in [1.54, 1.807) is 0 Å². The largest absolute Gasteiger partial charge is 0.462 e. The number of hydrogen-bond acceptors (Lipinski definition) is 12. The topological polar surface area (TPSA) is 158 Å². The molecule has 0 atom stereocenters. The number of carbonyl (C=O) groups excluding carboxylic acids is 6. The maximum Gasteiger partial charge on any atom is 0.339 e. The van der Waals surface area contributed by atoms with E-state index in [-0.39, 0.29) is 39.6 Å². The molecule has 0 aromatic heterocycles. The standard InChI is InChI=1S/C72H126O12/c1-7-13-19-25-31-37-43-49-55-79-67(73)61-62(68(74)80-56-50-44-38-32-26-20-14-8-2)64(70(76)82-58-52-46-40-34-28-22-16-10-4)66(72(78)84-60-54-48-42-36-30-24-18-12-6)65(71(77)83-59-53-47-41-35-29-23-17-11-5)63(61)69(75)81-57-51-45-39-33-27-21-15-9-3/h7-60H2,1-6H3. The average Bonchev–Trinajstić information content (AvgIpc) is 1.10. The molecule has 0 amide bonds. The Labute approximate surface area is 513 Å². The summed E-state index contributed by atoms with van der Waals surface area (Å²) in [6.45, 7) is 12.7. The van der Waals surface area contributed by atoms with E-state index >= 15 is 28.8 Å². The van der Waals surface area contributed by atoms with Crippen molar-refractivity contribution < 1.29 is 57.2 Å². The van der Waals surface area contributed by atoms with Crippen LogP contribution in [0.1, 0.15) is 412 Å². The Bertz CT molecular complexity index is 1470. The molecule has 0 unspecified atom stereocenters. The minimum Gasteiger partial charge on any atom is -0.462 e. The smallest absolute Gasteiger partial charge is 0.339 e. The molecule has 1 aromatic rings. The van der Waals surface area contributed by atoms with E-state index < -0.39 is 69.2 Å². The van der Waals surface area contributed by atoms with Gasteiger partial charge in [-0.2, -0.15) is 0 Å². The van der Waals surface area contributed by atoms with E-state index in [0.717, 1.165) is 231 Å². The Morgan fingerprint density at radius 2 is 0.262 bits per heavy atom. The summed E-state index contributed by atoms with van der Waals surface area (Å²) in [7, 11) is 0. The van der Waals surface area contributed by atoms with Gasteiger partial charge in [0.1, 0.15) is 0 Å². The summed E-state index contributed by atoms with van der Waals surface area (Å²) in [5, 5.41) is 0. The summed E-state index contributed by atoms with van der Waals surface area (Å²) in [6, 6.07) is 0. The maximum atomic E-state index is 15.1. The van der Waals surface area contributed by atoms with E-state index in [0.29, 0.717) is 38.5 Å². The van der Waals surface area contributed by atoms with Crippen LogP contribution in [0.2, 0.25) is 0 Å². The van der Waals surface area contributed by atoms with Crippen molar-refractivity contribution in [3.63, 3.8) is 0 Å². The lowest BCUT2D eigenvalue weighted by molar-refractivity contribution is 0.0385. The molecule has 0 spiro atoms. The Kier molecular flexibility index (Phi) is 52.8. The Hall–Kier alpha value is -3.96. The van der Waals surface area contributed by atoms with Gasteiger partial charge in [-0.1, -0.05) is 311 Å². The molecule has 0 N–H and O–H groups in total. The lowest BCUT2D eigenvalue weighted by Gasteiger charge is -2.23. The number of benzene rings is 1. The highest BCUT2D eigenvalue weighted by molar-refractivity contribution is 6.24. The minimum absolute atomic E-state index is 0.0634. The van der Waals surface area contributed by atoms with Gasteiger partial charge in [0, 0.05) is 0 Å². The highest BCUT2D eigenvalue weighted by Crippen LogP contribution is 2.34. The fourth-order valence-corrected chi connectivity index (χ4v) is 10.8. The van der Waals surface area contributed by atoms with Gasteiger partial charge in [0.15, 0.2) is 0 Å². The number of ether oxygens (including phenoxy) is 6. The van der Waals surface area contributed by atoms with Crippen LogP contribution >= 0.6 is 0 Å². The molecular weight excluding hydrogens is 1060 g/mol. The van der Waals surface area contributed by atoms with Crippen molar-refractivity contribution in [1.82, 2.24) is 0 Å². The molecular formula is C72H126O12. The predicted octanol–water partition coefficient (Wildman–Crippen LogP) is 21.5. The zero-order valence-electron chi connectivity index (χ0n) is 55.1. The highest BCUT2D eigenvalue weighted by atomic mass is 16.6. The fraction of sp³-hybridized carbons (Fsp3) is 0.833. The van der Waals surface area contributed by atoms with Crippen molar-refractivity contribution in [2.75, 3.05) is 39.6 Å². The summed E-state index contributed by atoms with van der Waals surface area (Å²) in [4.78, 5) is 90.8. The molecule has 0 radical (unpaired) electrons. The third-order valence-corrected chi connectivity index (χ3v) is 16.1. The molecule has 0 bridgehead atoms. The summed E-state index contributed by atoms with van der Waals surface area (Å²) in [5.74, 6) is -6.73. The van der Waals surface area contributed by atoms with Crippen LogP contribution in [0.5, 0.6) is 0 Å². The second-order valence-corrected chi connectivity index (χ2v) is 23.9. The van der Waals surface area contributed by atoms with Crippen LogP contribution in [0, 0.1) is 0 Å². The number of esters is 6. The molecule has 486 valence electrons. The molecule has 12 nitrogen and oxygen atoms in total. The SMILES string of the molecule is CCCCCCCCCCOC(=O)c1c(C(=O)OCCCCCCCCCC)c(C(=O)OCCCCCCCCCC)c(C(=O)OCCCCCCCCCC)c(C(=O)OCCCCCCCCCC)c1C(=O)OCCCCCCCCCC. The second-order valence-electron chi connectivity index (χ2n) is 23.9. The van der Waals surface area contributed by atoms with Gasteiger partial charge in [-0.05, 0) is 38.5 Å².